The Labute approximate surface area is 119 Å². The molecule has 1 aromatic heterocycles. The van der Waals surface area contributed by atoms with Crippen molar-refractivity contribution in [2.45, 2.75) is 20.0 Å². The molecule has 0 amide bonds. The molecule has 0 bridgehead atoms. The van der Waals surface area contributed by atoms with Crippen LogP contribution in [-0.2, 0) is 4.74 Å². The molecule has 20 heavy (non-hydrogen) atoms. The number of anilines is 1. The molecular weight excluding hydrogens is 284 g/mol. The second-order valence-corrected chi connectivity index (χ2v) is 5.36. The Morgan fingerprint density at radius 2 is 2.00 bits per heavy atom. The van der Waals surface area contributed by atoms with Gasteiger partial charge in [-0.2, -0.15) is 0 Å². The molecule has 0 aliphatic carbocycles. The number of rotatable bonds is 3. The molecule has 6 heteroatoms. The van der Waals surface area contributed by atoms with Gasteiger partial charge in [-0.25, -0.2) is 13.6 Å². The third kappa shape index (κ3) is 2.65. The van der Waals surface area contributed by atoms with Crippen LogP contribution in [0.2, 0.25) is 0 Å². The van der Waals surface area contributed by atoms with Crippen LogP contribution in [0, 0.1) is 11.6 Å². The van der Waals surface area contributed by atoms with Crippen LogP contribution in [0.1, 0.15) is 24.2 Å². The highest BCUT2D eigenvalue weighted by atomic mass is 32.1. The molecule has 0 fully saturated rings. The lowest BCUT2D eigenvalue weighted by Gasteiger charge is -2.10. The molecule has 2 rings (SSSR count). The number of hydrogen-bond donors (Lipinski definition) is 1. The summed E-state index contributed by atoms with van der Waals surface area (Å²) in [7, 11) is 0. The van der Waals surface area contributed by atoms with Gasteiger partial charge in [-0.1, -0.05) is 12.1 Å². The summed E-state index contributed by atoms with van der Waals surface area (Å²) in [6.07, 6.45) is -0.327. The zero-order valence-corrected chi connectivity index (χ0v) is 11.8. The zero-order valence-electron chi connectivity index (χ0n) is 10.9. The Hall–Kier alpha value is -1.95. The van der Waals surface area contributed by atoms with Crippen molar-refractivity contribution in [3.63, 3.8) is 0 Å². The van der Waals surface area contributed by atoms with E-state index >= 15 is 0 Å². The van der Waals surface area contributed by atoms with Gasteiger partial charge >= 0.3 is 5.97 Å². The van der Waals surface area contributed by atoms with E-state index in [9.17, 15) is 13.6 Å². The number of carbonyl (C=O) groups is 1. The highest BCUT2D eigenvalue weighted by Crippen LogP contribution is 2.36. The van der Waals surface area contributed by atoms with Crippen LogP contribution < -0.4 is 5.73 Å². The van der Waals surface area contributed by atoms with Crippen molar-refractivity contribution >= 4 is 22.3 Å². The van der Waals surface area contributed by atoms with Crippen LogP contribution in [-0.4, -0.2) is 12.1 Å². The van der Waals surface area contributed by atoms with E-state index in [1.165, 1.54) is 17.5 Å². The summed E-state index contributed by atoms with van der Waals surface area (Å²) in [5, 5.41) is 1.73. The Bertz CT molecular complexity index is 653. The number of thiophene rings is 1. The van der Waals surface area contributed by atoms with E-state index in [4.69, 9.17) is 10.5 Å². The Balaban J connectivity index is 2.54. The highest BCUT2D eigenvalue weighted by molar-refractivity contribution is 7.14. The van der Waals surface area contributed by atoms with Gasteiger partial charge in [-0.15, -0.1) is 11.3 Å². The predicted molar refractivity (Wildman–Crippen MR) is 74.6 cm³/mol. The minimum atomic E-state index is -1.01. The average Bonchev–Trinajstić information content (AvgIpc) is 2.73. The van der Waals surface area contributed by atoms with Crippen molar-refractivity contribution in [2.75, 3.05) is 5.73 Å². The zero-order chi connectivity index (χ0) is 14.9. The normalized spacial score (nSPS) is 10.8. The average molecular weight is 297 g/mol. The van der Waals surface area contributed by atoms with Gasteiger partial charge in [-0.05, 0) is 19.9 Å². The number of halogens is 2. The molecule has 0 unspecified atom stereocenters. The van der Waals surface area contributed by atoms with Gasteiger partial charge in [0.25, 0.3) is 0 Å². The molecule has 1 heterocycles. The third-order valence-electron chi connectivity index (χ3n) is 2.61. The van der Waals surface area contributed by atoms with Gasteiger partial charge < -0.3 is 10.5 Å². The quantitative estimate of drug-likeness (QED) is 0.876. The maximum absolute atomic E-state index is 13.8. The van der Waals surface area contributed by atoms with E-state index in [1.54, 1.807) is 13.8 Å². The van der Waals surface area contributed by atoms with E-state index in [2.05, 4.69) is 0 Å². The van der Waals surface area contributed by atoms with Crippen LogP contribution in [0.3, 0.4) is 0 Å². The Morgan fingerprint density at radius 1 is 1.30 bits per heavy atom. The molecule has 0 saturated carbocycles. The summed E-state index contributed by atoms with van der Waals surface area (Å²) in [5.74, 6) is -2.63. The molecule has 1 aromatic carbocycles. The maximum atomic E-state index is 13.8. The van der Waals surface area contributed by atoms with E-state index < -0.39 is 17.6 Å². The van der Waals surface area contributed by atoms with Gasteiger partial charge in [-0.3, -0.25) is 0 Å². The Kier molecular flexibility index (Phi) is 4.04. The van der Waals surface area contributed by atoms with Crippen LogP contribution in [0.15, 0.2) is 23.6 Å². The highest BCUT2D eigenvalue weighted by Gasteiger charge is 2.23. The van der Waals surface area contributed by atoms with Crippen LogP contribution >= 0.6 is 11.3 Å². The minimum Gasteiger partial charge on any atom is -0.459 e. The number of esters is 1. The van der Waals surface area contributed by atoms with Crippen LogP contribution in [0.5, 0.6) is 0 Å². The van der Waals surface area contributed by atoms with Crippen molar-refractivity contribution in [2.24, 2.45) is 0 Å². The molecule has 106 valence electrons. The van der Waals surface area contributed by atoms with Gasteiger partial charge in [0.15, 0.2) is 11.6 Å². The first-order valence-corrected chi connectivity index (χ1v) is 6.82. The Morgan fingerprint density at radius 3 is 2.65 bits per heavy atom. The number of carbonyl (C=O) groups excluding carboxylic acids is 1. The van der Waals surface area contributed by atoms with Gasteiger partial charge in [0.1, 0.15) is 10.6 Å². The molecule has 0 radical (unpaired) electrons. The molecule has 2 N–H and O–H groups in total. The third-order valence-corrected chi connectivity index (χ3v) is 3.42. The van der Waals surface area contributed by atoms with E-state index in [-0.39, 0.29) is 27.8 Å². The molecule has 0 atom stereocenters. The lowest BCUT2D eigenvalue weighted by Crippen LogP contribution is -2.13. The van der Waals surface area contributed by atoms with Crippen molar-refractivity contribution in [1.82, 2.24) is 0 Å². The number of nitrogen functional groups attached to an aromatic ring is 1. The van der Waals surface area contributed by atoms with Gasteiger partial charge in [0.2, 0.25) is 0 Å². The largest absolute Gasteiger partial charge is 0.459 e. The van der Waals surface area contributed by atoms with Crippen molar-refractivity contribution < 1.29 is 18.3 Å². The predicted octanol–water partition coefficient (Wildman–Crippen LogP) is 3.84. The second-order valence-electron chi connectivity index (χ2n) is 4.44. The fourth-order valence-corrected chi connectivity index (χ4v) is 2.57. The first kappa shape index (κ1) is 14.5. The van der Waals surface area contributed by atoms with Crippen molar-refractivity contribution in [3.05, 3.63) is 40.8 Å². The molecule has 0 aliphatic heterocycles. The summed E-state index contributed by atoms with van der Waals surface area (Å²) < 4.78 is 32.2. The number of nitrogens with two attached hydrogens (primary N) is 1. The lowest BCUT2D eigenvalue weighted by molar-refractivity contribution is 0.0380. The first-order chi connectivity index (χ1) is 9.41. The molecule has 0 saturated heterocycles. The standard InChI is InChI=1S/C14H13F2NO2S/c1-7(2)19-14(18)11-9(6-20-13(11)17)8-4-3-5-10(15)12(8)16/h3-7H,17H2,1-2H3. The molecule has 0 aliphatic rings. The van der Waals surface area contributed by atoms with E-state index in [1.807, 2.05) is 0 Å². The summed E-state index contributed by atoms with van der Waals surface area (Å²) in [4.78, 5) is 12.0. The minimum absolute atomic E-state index is 0.00587. The van der Waals surface area contributed by atoms with Crippen LogP contribution in [0.25, 0.3) is 11.1 Å². The summed E-state index contributed by atoms with van der Waals surface area (Å²) in [5.41, 5.74) is 6.06. The fourth-order valence-electron chi connectivity index (χ4n) is 1.77. The number of benzene rings is 1. The topological polar surface area (TPSA) is 52.3 Å². The fraction of sp³-hybridized carbons (Fsp3) is 0.214. The van der Waals surface area contributed by atoms with E-state index in [0.29, 0.717) is 0 Å². The second kappa shape index (κ2) is 5.58. The molecule has 2 aromatic rings. The van der Waals surface area contributed by atoms with Crippen LogP contribution in [0.4, 0.5) is 13.8 Å². The van der Waals surface area contributed by atoms with Gasteiger partial charge in [0.05, 0.1) is 6.10 Å². The number of ether oxygens (including phenoxy) is 1. The van der Waals surface area contributed by atoms with Crippen molar-refractivity contribution in [1.29, 1.82) is 0 Å². The summed E-state index contributed by atoms with van der Waals surface area (Å²) in [6, 6.07) is 3.78. The van der Waals surface area contributed by atoms with E-state index in [0.717, 1.165) is 17.4 Å². The molecule has 3 nitrogen and oxygen atoms in total. The monoisotopic (exact) mass is 297 g/mol. The molecule has 0 spiro atoms. The van der Waals surface area contributed by atoms with Crippen molar-refractivity contribution in [3.8, 4) is 11.1 Å². The first-order valence-electron chi connectivity index (χ1n) is 5.94. The lowest BCUT2D eigenvalue weighted by atomic mass is 10.0. The maximum Gasteiger partial charge on any atom is 0.342 e. The molecular formula is C14H13F2NO2S. The smallest absolute Gasteiger partial charge is 0.342 e. The summed E-state index contributed by atoms with van der Waals surface area (Å²) in [6.45, 7) is 3.39. The SMILES string of the molecule is CC(C)OC(=O)c1c(-c2cccc(F)c2F)csc1N. The van der Waals surface area contributed by atoms with Gasteiger partial charge in [0, 0.05) is 16.5 Å². The number of hydrogen-bond acceptors (Lipinski definition) is 4. The summed E-state index contributed by atoms with van der Waals surface area (Å²) >= 11 is 1.08.